The van der Waals surface area contributed by atoms with E-state index >= 15 is 0 Å². The van der Waals surface area contributed by atoms with Crippen LogP contribution in [-0.2, 0) is 0 Å². The van der Waals surface area contributed by atoms with E-state index in [0.717, 1.165) is 5.56 Å². The monoisotopic (exact) mass is 198 g/mol. The number of fused-ring (bicyclic) bond motifs is 1. The number of carbonyl (C=O) groups excluding carboxylic acids is 1. The molecule has 0 saturated carbocycles. The number of allylic oxidation sites excluding steroid dienone is 1. The lowest BCUT2D eigenvalue weighted by Crippen LogP contribution is -1.91. The zero-order chi connectivity index (χ0) is 8.72. The minimum absolute atomic E-state index is 0.0106. The summed E-state index contributed by atoms with van der Waals surface area (Å²) in [5.41, 5.74) is 1.47. The summed E-state index contributed by atoms with van der Waals surface area (Å²) >= 11 is 11.5. The summed E-state index contributed by atoms with van der Waals surface area (Å²) in [5, 5.41) is 0.905. The highest BCUT2D eigenvalue weighted by molar-refractivity contribution is 6.42. The summed E-state index contributed by atoms with van der Waals surface area (Å²) in [6, 6.07) is 3.29. The topological polar surface area (TPSA) is 17.1 Å². The van der Waals surface area contributed by atoms with Gasteiger partial charge in [0.05, 0.1) is 10.0 Å². The Morgan fingerprint density at radius 1 is 1.00 bits per heavy atom. The van der Waals surface area contributed by atoms with Gasteiger partial charge in [0.1, 0.15) is 0 Å². The van der Waals surface area contributed by atoms with Crippen LogP contribution in [0.25, 0.3) is 6.08 Å². The summed E-state index contributed by atoms with van der Waals surface area (Å²) in [5.74, 6) is -0.0106. The molecular formula is C9H4Cl2O. The summed E-state index contributed by atoms with van der Waals surface area (Å²) in [6.45, 7) is 0. The fourth-order valence-corrected chi connectivity index (χ4v) is 1.50. The Balaban J connectivity index is 2.69. The smallest absolute Gasteiger partial charge is 0.186 e. The lowest BCUT2D eigenvalue weighted by Gasteiger charge is -1.99. The van der Waals surface area contributed by atoms with Gasteiger partial charge in [-0.25, -0.2) is 0 Å². The number of hydrogen-bond donors (Lipinski definition) is 0. The highest BCUT2D eigenvalue weighted by Gasteiger charge is 2.15. The van der Waals surface area contributed by atoms with Gasteiger partial charge in [0.2, 0.25) is 0 Å². The van der Waals surface area contributed by atoms with Crippen molar-refractivity contribution >= 4 is 35.1 Å². The van der Waals surface area contributed by atoms with Crippen molar-refractivity contribution in [3.8, 4) is 0 Å². The lowest BCUT2D eigenvalue weighted by atomic mass is 10.1. The van der Waals surface area contributed by atoms with Gasteiger partial charge < -0.3 is 0 Å². The van der Waals surface area contributed by atoms with E-state index in [0.29, 0.717) is 15.6 Å². The molecular weight excluding hydrogens is 195 g/mol. The first kappa shape index (κ1) is 7.84. The van der Waals surface area contributed by atoms with Crippen LogP contribution in [0.15, 0.2) is 18.2 Å². The fraction of sp³-hybridized carbons (Fsp3) is 0. The van der Waals surface area contributed by atoms with Crippen molar-refractivity contribution in [2.45, 2.75) is 0 Å². The first-order valence-corrected chi connectivity index (χ1v) is 4.15. The second kappa shape index (κ2) is 2.61. The predicted octanol–water partition coefficient (Wildman–Crippen LogP) is 3.20. The molecule has 0 aliphatic heterocycles. The first-order chi connectivity index (χ1) is 5.68. The van der Waals surface area contributed by atoms with E-state index in [4.69, 9.17) is 23.2 Å². The van der Waals surface area contributed by atoms with E-state index in [-0.39, 0.29) is 5.78 Å². The number of benzene rings is 1. The molecule has 12 heavy (non-hydrogen) atoms. The molecule has 1 aromatic rings. The van der Waals surface area contributed by atoms with Crippen LogP contribution in [0.1, 0.15) is 15.9 Å². The third kappa shape index (κ3) is 1.06. The summed E-state index contributed by atoms with van der Waals surface area (Å²) < 4.78 is 0. The van der Waals surface area contributed by atoms with Crippen LogP contribution in [0.5, 0.6) is 0 Å². The molecule has 1 aromatic carbocycles. The maximum Gasteiger partial charge on any atom is 0.186 e. The van der Waals surface area contributed by atoms with Crippen molar-refractivity contribution < 1.29 is 4.79 Å². The van der Waals surface area contributed by atoms with Crippen molar-refractivity contribution in [2.24, 2.45) is 0 Å². The second-order valence-corrected chi connectivity index (χ2v) is 3.37. The van der Waals surface area contributed by atoms with E-state index in [9.17, 15) is 4.79 Å². The SMILES string of the molecule is O=C1C=Cc2cc(Cl)c(Cl)cc21. The predicted molar refractivity (Wildman–Crippen MR) is 49.8 cm³/mol. The van der Waals surface area contributed by atoms with Gasteiger partial charge in [0.25, 0.3) is 0 Å². The van der Waals surface area contributed by atoms with Crippen LogP contribution in [0.4, 0.5) is 0 Å². The molecule has 60 valence electrons. The molecule has 3 heteroatoms. The average molecular weight is 199 g/mol. The molecule has 1 aliphatic carbocycles. The molecule has 0 unspecified atom stereocenters. The van der Waals surface area contributed by atoms with Gasteiger partial charge in [0.15, 0.2) is 5.78 Å². The van der Waals surface area contributed by atoms with Crippen LogP contribution in [-0.4, -0.2) is 5.78 Å². The van der Waals surface area contributed by atoms with Crippen LogP contribution >= 0.6 is 23.2 Å². The van der Waals surface area contributed by atoms with Crippen LogP contribution in [0, 0.1) is 0 Å². The van der Waals surface area contributed by atoms with Crippen molar-refractivity contribution in [1.82, 2.24) is 0 Å². The Morgan fingerprint density at radius 2 is 1.67 bits per heavy atom. The molecule has 0 heterocycles. The fourth-order valence-electron chi connectivity index (χ4n) is 1.17. The maximum absolute atomic E-state index is 11.1. The van der Waals surface area contributed by atoms with E-state index in [1.54, 1.807) is 18.2 Å². The highest BCUT2D eigenvalue weighted by Crippen LogP contribution is 2.29. The first-order valence-electron chi connectivity index (χ1n) is 3.40. The summed E-state index contributed by atoms with van der Waals surface area (Å²) in [6.07, 6.45) is 3.25. The van der Waals surface area contributed by atoms with Gasteiger partial charge in [-0.1, -0.05) is 29.3 Å². The normalized spacial score (nSPS) is 13.7. The largest absolute Gasteiger partial charge is 0.289 e. The number of halogens is 2. The molecule has 0 fully saturated rings. The van der Waals surface area contributed by atoms with Gasteiger partial charge in [-0.15, -0.1) is 0 Å². The van der Waals surface area contributed by atoms with E-state index in [2.05, 4.69) is 0 Å². The van der Waals surface area contributed by atoms with Crippen LogP contribution in [0.3, 0.4) is 0 Å². The van der Waals surface area contributed by atoms with Gasteiger partial charge >= 0.3 is 0 Å². The van der Waals surface area contributed by atoms with Crippen LogP contribution < -0.4 is 0 Å². The molecule has 0 radical (unpaired) electrons. The molecule has 0 bridgehead atoms. The molecule has 0 saturated heterocycles. The zero-order valence-electron chi connectivity index (χ0n) is 5.97. The lowest BCUT2D eigenvalue weighted by molar-refractivity contribution is 0.105. The molecule has 0 atom stereocenters. The average Bonchev–Trinajstić information content (AvgIpc) is 2.35. The number of hydrogen-bond acceptors (Lipinski definition) is 1. The molecule has 1 aliphatic rings. The zero-order valence-corrected chi connectivity index (χ0v) is 7.49. The Labute approximate surface area is 79.6 Å². The van der Waals surface area contributed by atoms with Gasteiger partial charge in [-0.05, 0) is 23.8 Å². The number of carbonyl (C=O) groups is 1. The quantitative estimate of drug-likeness (QED) is 0.626. The number of rotatable bonds is 0. The number of ketones is 1. The highest BCUT2D eigenvalue weighted by atomic mass is 35.5. The minimum atomic E-state index is -0.0106. The van der Waals surface area contributed by atoms with Gasteiger partial charge in [-0.3, -0.25) is 4.79 Å². The molecule has 1 nitrogen and oxygen atoms in total. The van der Waals surface area contributed by atoms with Crippen molar-refractivity contribution in [3.63, 3.8) is 0 Å². The third-order valence-corrected chi connectivity index (χ3v) is 2.49. The molecule has 2 rings (SSSR count). The van der Waals surface area contributed by atoms with E-state index < -0.39 is 0 Å². The second-order valence-electron chi connectivity index (χ2n) is 2.55. The van der Waals surface area contributed by atoms with E-state index in [1.807, 2.05) is 0 Å². The Hall–Kier alpha value is -0.790. The molecule has 0 aromatic heterocycles. The Kier molecular flexibility index (Phi) is 1.71. The van der Waals surface area contributed by atoms with Crippen LogP contribution in [0.2, 0.25) is 10.0 Å². The van der Waals surface area contributed by atoms with Gasteiger partial charge in [0, 0.05) is 5.56 Å². The van der Waals surface area contributed by atoms with Crippen molar-refractivity contribution in [2.75, 3.05) is 0 Å². The maximum atomic E-state index is 11.1. The Morgan fingerprint density at radius 3 is 2.42 bits per heavy atom. The summed E-state index contributed by atoms with van der Waals surface area (Å²) in [7, 11) is 0. The molecule has 0 amide bonds. The van der Waals surface area contributed by atoms with E-state index in [1.165, 1.54) is 6.08 Å². The van der Waals surface area contributed by atoms with Gasteiger partial charge in [-0.2, -0.15) is 0 Å². The summed E-state index contributed by atoms with van der Waals surface area (Å²) in [4.78, 5) is 11.1. The molecule has 0 spiro atoms. The third-order valence-electron chi connectivity index (χ3n) is 1.77. The minimum Gasteiger partial charge on any atom is -0.289 e. The molecule has 0 N–H and O–H groups in total. The van der Waals surface area contributed by atoms with Crippen molar-refractivity contribution in [3.05, 3.63) is 39.4 Å². The van der Waals surface area contributed by atoms with Crippen molar-refractivity contribution in [1.29, 1.82) is 0 Å². The Bertz CT molecular complexity index is 394. The standard InChI is InChI=1S/C9H4Cl2O/c10-7-3-5-1-2-9(12)6(5)4-8(7)11/h1-4H.